The van der Waals surface area contributed by atoms with Crippen molar-refractivity contribution in [2.24, 2.45) is 0 Å². The molecule has 16 nitrogen and oxygen atoms in total. The third-order valence-electron chi connectivity index (χ3n) is 14.1. The first-order chi connectivity index (χ1) is 47.2. The molecule has 0 fully saturated rings. The summed E-state index contributed by atoms with van der Waals surface area (Å²) in [6.07, 6.45) is 89.5. The first-order valence-electron chi connectivity index (χ1n) is 36.1. The van der Waals surface area contributed by atoms with Gasteiger partial charge in [0.1, 0.15) is 25.4 Å². The Labute approximate surface area is 585 Å². The normalized spacial score (nSPS) is 15.2. The summed E-state index contributed by atoms with van der Waals surface area (Å²) in [7, 11) is -9.83. The van der Waals surface area contributed by atoms with Crippen molar-refractivity contribution < 1.29 is 75.8 Å². The molecule has 0 bridgehead atoms. The monoisotopic (exact) mass is 1390 g/mol. The molecule has 548 valence electrons. The second-order valence-corrected chi connectivity index (χ2v) is 26.1. The molecule has 0 amide bonds. The predicted octanol–water partition coefficient (Wildman–Crippen LogP) is 20.6. The summed E-state index contributed by atoms with van der Waals surface area (Å²) in [6.45, 7) is 2.18. The summed E-state index contributed by atoms with van der Waals surface area (Å²) in [5.74, 6) is -1.71. The number of allylic oxidation sites excluding steroid dienone is 30. The number of carbonyl (C=O) groups is 3. The van der Waals surface area contributed by atoms with Crippen LogP contribution in [0.3, 0.4) is 0 Å². The quantitative estimate of drug-likeness (QED) is 0.0146. The molecule has 0 saturated carbocycles. The van der Waals surface area contributed by atoms with E-state index in [0.717, 1.165) is 173 Å². The lowest BCUT2D eigenvalue weighted by atomic mass is 10.1. The van der Waals surface area contributed by atoms with Gasteiger partial charge in [0.05, 0.1) is 26.4 Å². The largest absolute Gasteiger partial charge is 0.472 e. The van der Waals surface area contributed by atoms with Crippen LogP contribution >= 0.6 is 15.6 Å². The van der Waals surface area contributed by atoms with Crippen molar-refractivity contribution in [3.05, 3.63) is 182 Å². The van der Waals surface area contributed by atoms with Gasteiger partial charge in [-0.15, -0.1) is 0 Å². The summed E-state index contributed by atoms with van der Waals surface area (Å²) >= 11 is 0. The highest BCUT2D eigenvalue weighted by molar-refractivity contribution is 7.47. The van der Waals surface area contributed by atoms with Gasteiger partial charge in [-0.3, -0.25) is 32.5 Å². The maximum absolute atomic E-state index is 12.9. The summed E-state index contributed by atoms with van der Waals surface area (Å²) in [5.41, 5.74) is 0. The highest BCUT2D eigenvalue weighted by Gasteiger charge is 2.29. The van der Waals surface area contributed by atoms with Gasteiger partial charge in [0.2, 0.25) is 0 Å². The molecule has 5 atom stereocenters. The van der Waals surface area contributed by atoms with Crippen molar-refractivity contribution in [3.8, 4) is 0 Å². The summed E-state index contributed by atoms with van der Waals surface area (Å²) in [4.78, 5) is 58.5. The minimum Gasteiger partial charge on any atom is -0.463 e. The van der Waals surface area contributed by atoms with Crippen LogP contribution in [0.1, 0.15) is 239 Å². The summed E-state index contributed by atoms with van der Waals surface area (Å²) < 4.78 is 60.9. The third kappa shape index (κ3) is 71.7. The molecule has 18 heteroatoms. The molecule has 0 rings (SSSR count). The molecule has 0 aliphatic carbocycles. The average Bonchev–Trinajstić information content (AvgIpc) is 2.50. The Kier molecular flexibility index (Phi) is 66.6. The molecule has 0 aromatic heterocycles. The van der Waals surface area contributed by atoms with E-state index in [0.29, 0.717) is 25.7 Å². The fourth-order valence-electron chi connectivity index (χ4n) is 8.73. The van der Waals surface area contributed by atoms with Crippen molar-refractivity contribution in [2.45, 2.75) is 257 Å². The van der Waals surface area contributed by atoms with Crippen molar-refractivity contribution in [3.63, 3.8) is 0 Å². The van der Waals surface area contributed by atoms with E-state index in [2.05, 4.69) is 185 Å². The van der Waals surface area contributed by atoms with Gasteiger partial charge >= 0.3 is 33.6 Å². The predicted molar refractivity (Wildman–Crippen MR) is 398 cm³/mol. The Balaban J connectivity index is 4.73. The lowest BCUT2D eigenvalue weighted by molar-refractivity contribution is -0.161. The Morgan fingerprint density at radius 3 is 0.876 bits per heavy atom. The van der Waals surface area contributed by atoms with Crippen LogP contribution in [-0.4, -0.2) is 95.9 Å². The van der Waals surface area contributed by atoms with Crippen LogP contribution in [0.5, 0.6) is 0 Å². The summed E-state index contributed by atoms with van der Waals surface area (Å²) in [5, 5.41) is 20.6. The first kappa shape index (κ1) is 91.6. The second-order valence-electron chi connectivity index (χ2n) is 23.2. The van der Waals surface area contributed by atoms with E-state index < -0.39 is 91.5 Å². The fraction of sp³-hybridized carbons (Fsp3) is 0.582. The first-order valence-corrected chi connectivity index (χ1v) is 39.1. The number of ether oxygens (including phenoxy) is 3. The Morgan fingerprint density at radius 2 is 0.536 bits per heavy atom. The molecule has 0 aromatic rings. The van der Waals surface area contributed by atoms with Crippen molar-refractivity contribution in [2.75, 3.05) is 39.6 Å². The molecule has 0 radical (unpaired) electrons. The average molecular weight is 1390 g/mol. The minimum absolute atomic E-state index is 0.0356. The lowest BCUT2D eigenvalue weighted by Gasteiger charge is -2.21. The maximum Gasteiger partial charge on any atom is 0.472 e. The van der Waals surface area contributed by atoms with Gasteiger partial charge in [-0.1, -0.05) is 261 Å². The van der Waals surface area contributed by atoms with Crippen LogP contribution < -0.4 is 0 Å². The molecule has 0 aromatic carbocycles. The highest BCUT2D eigenvalue weighted by Crippen LogP contribution is 2.45. The van der Waals surface area contributed by atoms with Gasteiger partial charge in [0.15, 0.2) is 6.10 Å². The van der Waals surface area contributed by atoms with Crippen molar-refractivity contribution >= 4 is 33.6 Å². The second kappa shape index (κ2) is 70.5. The molecule has 4 N–H and O–H groups in total. The Bertz CT molecular complexity index is 2490. The van der Waals surface area contributed by atoms with Gasteiger partial charge in [0.25, 0.3) is 0 Å². The zero-order valence-corrected chi connectivity index (χ0v) is 61.2. The van der Waals surface area contributed by atoms with Gasteiger partial charge in [-0.05, 0) is 141 Å². The molecule has 0 spiro atoms. The molecule has 0 saturated heterocycles. The number of carbonyl (C=O) groups excluding carboxylic acids is 3. The molecular formula is C79H126O16P2. The Hall–Kier alpha value is -5.35. The standard InChI is InChI=1S/C79H126O16P2/c1-4-7-10-13-16-19-22-25-28-31-33-34-35-36-37-38-40-43-44-47-50-53-56-59-62-65-77(82)89-68-74(80)69-91-96(85,86)92-70-75(81)71-93-97(87,88)94-73-76(95-79(84)67-64-61-58-55-52-49-46-41-30-27-24-21-18-15-12-9-6-3)72-90-78(83)66-63-60-57-54-51-48-45-42-39-32-29-26-23-20-17-14-11-8-5-2/h7-12,16-21,25-30,33-34,36-37,39-40,42-43,48,51,57,60,74-76,80-81H,4-6,13-15,22-24,31-32,35,38,41,44-47,49-50,52-56,58-59,61-73H2,1-3H3,(H,85,86)(H,87,88)/b10-7-,11-8-,12-9-,19-16-,20-17-,21-18-,28-25-,29-26-,30-27-,34-33-,37-36-,42-39-,43-40-,51-48-,60-57-. The number of phosphoric ester groups is 2. The van der Waals surface area contributed by atoms with Crippen LogP contribution in [0.4, 0.5) is 0 Å². The molecule has 97 heavy (non-hydrogen) atoms. The van der Waals surface area contributed by atoms with Crippen LogP contribution in [0, 0.1) is 0 Å². The van der Waals surface area contributed by atoms with E-state index in [1.54, 1.807) is 0 Å². The SMILES string of the molecule is CC/C=C\C/C=C\C/C=C\C/C=C\C/C=C\C/C=C\CCCCCCCCC(=O)OCC(O)COP(=O)(O)OCC(O)COP(=O)(O)OCC(COC(=O)CC/C=C\C/C=C\C/C=C\C/C=C\C/C=C\C/C=C\CC)OC(=O)CCCCCCCCC/C=C\C/C=C\C/C=C\CC. The van der Waals surface area contributed by atoms with Crippen LogP contribution in [-0.2, 0) is 55.8 Å². The number of aliphatic hydroxyl groups excluding tert-OH is 2. The zero-order chi connectivity index (χ0) is 70.9. The molecule has 0 aliphatic rings. The van der Waals surface area contributed by atoms with Crippen LogP contribution in [0.25, 0.3) is 0 Å². The van der Waals surface area contributed by atoms with Gasteiger partial charge in [-0.2, -0.15) is 0 Å². The number of hydrogen-bond donors (Lipinski definition) is 4. The number of unbranched alkanes of at least 4 members (excludes halogenated alkanes) is 13. The maximum atomic E-state index is 12.9. The minimum atomic E-state index is -4.96. The van der Waals surface area contributed by atoms with Crippen molar-refractivity contribution in [1.29, 1.82) is 0 Å². The van der Waals surface area contributed by atoms with Crippen LogP contribution in [0.2, 0.25) is 0 Å². The number of hydrogen-bond acceptors (Lipinski definition) is 14. The van der Waals surface area contributed by atoms with E-state index >= 15 is 0 Å². The van der Waals surface area contributed by atoms with Gasteiger partial charge < -0.3 is 34.2 Å². The molecule has 5 unspecified atom stereocenters. The summed E-state index contributed by atoms with van der Waals surface area (Å²) in [6, 6.07) is 0. The number of phosphoric acid groups is 2. The van der Waals surface area contributed by atoms with E-state index in [4.69, 9.17) is 32.3 Å². The molecule has 0 heterocycles. The fourth-order valence-corrected chi connectivity index (χ4v) is 10.3. The Morgan fingerprint density at radius 1 is 0.289 bits per heavy atom. The number of rotatable bonds is 66. The number of esters is 3. The van der Waals surface area contributed by atoms with E-state index in [1.807, 2.05) is 18.2 Å². The molecular weight excluding hydrogens is 1270 g/mol. The highest BCUT2D eigenvalue weighted by atomic mass is 31.2. The zero-order valence-electron chi connectivity index (χ0n) is 59.4. The van der Waals surface area contributed by atoms with Gasteiger partial charge in [-0.25, -0.2) is 9.13 Å². The lowest BCUT2D eigenvalue weighted by Crippen LogP contribution is -2.30. The van der Waals surface area contributed by atoms with Crippen LogP contribution in [0.15, 0.2) is 182 Å². The topological polar surface area (TPSA) is 231 Å². The van der Waals surface area contributed by atoms with Crippen molar-refractivity contribution in [1.82, 2.24) is 0 Å². The van der Waals surface area contributed by atoms with Gasteiger partial charge in [0, 0.05) is 19.3 Å². The van der Waals surface area contributed by atoms with E-state index in [1.165, 1.54) is 0 Å². The number of aliphatic hydroxyl groups is 2. The molecule has 0 aliphatic heterocycles. The van der Waals surface area contributed by atoms with E-state index in [-0.39, 0.29) is 19.3 Å². The third-order valence-corrected chi connectivity index (χ3v) is 16.0. The van der Waals surface area contributed by atoms with E-state index in [9.17, 15) is 43.5 Å². The smallest absolute Gasteiger partial charge is 0.463 e.